The summed E-state index contributed by atoms with van der Waals surface area (Å²) in [7, 11) is 0. The number of thiocarbonyl (C=S) groups is 1. The van der Waals surface area contributed by atoms with Crippen LogP contribution in [0.3, 0.4) is 0 Å². The summed E-state index contributed by atoms with van der Waals surface area (Å²) in [4.78, 5) is 16.3. The third kappa shape index (κ3) is 3.86. The summed E-state index contributed by atoms with van der Waals surface area (Å²) < 4.78 is 0. The number of nitrogens with one attached hydrogen (secondary N) is 2. The Bertz CT molecular complexity index is 570. The lowest BCUT2D eigenvalue weighted by Crippen LogP contribution is -2.39. The van der Waals surface area contributed by atoms with Crippen LogP contribution in [0.2, 0.25) is 0 Å². The molecule has 1 amide bonds. The average Bonchev–Trinajstić information content (AvgIpc) is 2.96. The van der Waals surface area contributed by atoms with Gasteiger partial charge in [0.2, 0.25) is 5.91 Å². The van der Waals surface area contributed by atoms with Crippen LogP contribution in [0.5, 0.6) is 0 Å². The van der Waals surface area contributed by atoms with E-state index in [0.29, 0.717) is 12.2 Å². The number of hydrogen-bond acceptors (Lipinski definition) is 4. The van der Waals surface area contributed by atoms with Crippen LogP contribution >= 0.6 is 12.2 Å². The number of carbonyl (C=O) groups excluding carboxylic acids is 1. The summed E-state index contributed by atoms with van der Waals surface area (Å²) in [6.07, 6.45) is 1.87. The Kier molecular flexibility index (Phi) is 4.78. The normalized spacial score (nSPS) is 11.8. The molecule has 6 nitrogen and oxygen atoms in total. The Hall–Kier alpha value is -2.28. The molecular formula is C13H15N5OS. The lowest BCUT2D eigenvalue weighted by atomic mass is 9.98. The Morgan fingerprint density at radius 2 is 2.15 bits per heavy atom. The molecule has 0 spiro atoms. The van der Waals surface area contributed by atoms with Gasteiger partial charge in [-0.3, -0.25) is 9.89 Å². The molecule has 104 valence electrons. The van der Waals surface area contributed by atoms with Crippen LogP contribution in [0.15, 0.2) is 36.7 Å². The van der Waals surface area contributed by atoms with Gasteiger partial charge in [-0.05, 0) is 12.0 Å². The second kappa shape index (κ2) is 6.76. The van der Waals surface area contributed by atoms with Crippen LogP contribution < -0.4 is 11.1 Å². The monoisotopic (exact) mass is 289 g/mol. The van der Waals surface area contributed by atoms with Gasteiger partial charge < -0.3 is 11.1 Å². The third-order valence-electron chi connectivity index (χ3n) is 2.84. The van der Waals surface area contributed by atoms with E-state index < -0.39 is 5.92 Å². The number of carbonyl (C=O) groups is 1. The second-order valence-corrected chi connectivity index (χ2v) is 4.77. The van der Waals surface area contributed by atoms with Crippen molar-refractivity contribution in [3.05, 3.63) is 48.0 Å². The van der Waals surface area contributed by atoms with E-state index in [-0.39, 0.29) is 17.4 Å². The van der Waals surface area contributed by atoms with Gasteiger partial charge in [0.05, 0.1) is 17.5 Å². The predicted molar refractivity (Wildman–Crippen MR) is 78.7 cm³/mol. The maximum atomic E-state index is 12.1. The molecule has 0 bridgehead atoms. The smallest absolute Gasteiger partial charge is 0.230 e. The SMILES string of the molecule is NC(=S)C(Cc1ccccc1)C(=O)NCc1ncn[nH]1. The summed E-state index contributed by atoms with van der Waals surface area (Å²) in [5.41, 5.74) is 6.68. The molecule has 1 aromatic carbocycles. The van der Waals surface area contributed by atoms with Crippen molar-refractivity contribution < 1.29 is 4.79 Å². The number of amides is 1. The first-order chi connectivity index (χ1) is 9.66. The van der Waals surface area contributed by atoms with Crippen molar-refractivity contribution in [2.75, 3.05) is 0 Å². The van der Waals surface area contributed by atoms with Gasteiger partial charge in [0.1, 0.15) is 12.2 Å². The van der Waals surface area contributed by atoms with Gasteiger partial charge in [-0.25, -0.2) is 4.98 Å². The topological polar surface area (TPSA) is 96.7 Å². The van der Waals surface area contributed by atoms with Gasteiger partial charge in [0, 0.05) is 0 Å². The average molecular weight is 289 g/mol. The molecule has 2 rings (SSSR count). The van der Waals surface area contributed by atoms with Crippen molar-refractivity contribution in [3.63, 3.8) is 0 Å². The van der Waals surface area contributed by atoms with E-state index in [0.717, 1.165) is 5.56 Å². The van der Waals surface area contributed by atoms with E-state index in [4.69, 9.17) is 18.0 Å². The Morgan fingerprint density at radius 1 is 1.40 bits per heavy atom. The molecule has 0 fully saturated rings. The number of nitrogens with two attached hydrogens (primary N) is 1. The maximum absolute atomic E-state index is 12.1. The van der Waals surface area contributed by atoms with Crippen molar-refractivity contribution in [3.8, 4) is 0 Å². The molecule has 1 heterocycles. The van der Waals surface area contributed by atoms with Crippen molar-refractivity contribution in [2.45, 2.75) is 13.0 Å². The zero-order valence-electron chi connectivity index (χ0n) is 10.7. The number of aromatic nitrogens is 3. The Labute approximate surface area is 121 Å². The molecule has 0 saturated heterocycles. The zero-order valence-corrected chi connectivity index (χ0v) is 11.6. The van der Waals surface area contributed by atoms with Gasteiger partial charge in [-0.2, -0.15) is 5.10 Å². The fourth-order valence-electron chi connectivity index (χ4n) is 1.78. The van der Waals surface area contributed by atoms with Gasteiger partial charge in [-0.1, -0.05) is 42.5 Å². The largest absolute Gasteiger partial charge is 0.393 e. The van der Waals surface area contributed by atoms with E-state index >= 15 is 0 Å². The molecule has 1 unspecified atom stereocenters. The molecular weight excluding hydrogens is 274 g/mol. The van der Waals surface area contributed by atoms with Crippen molar-refractivity contribution >= 4 is 23.1 Å². The second-order valence-electron chi connectivity index (χ2n) is 4.29. The Balaban J connectivity index is 1.97. The first-order valence-corrected chi connectivity index (χ1v) is 6.53. The highest BCUT2D eigenvalue weighted by Gasteiger charge is 2.21. The third-order valence-corrected chi connectivity index (χ3v) is 3.12. The molecule has 0 radical (unpaired) electrons. The molecule has 20 heavy (non-hydrogen) atoms. The molecule has 7 heteroatoms. The van der Waals surface area contributed by atoms with E-state index in [1.807, 2.05) is 30.3 Å². The number of benzene rings is 1. The van der Waals surface area contributed by atoms with Crippen molar-refractivity contribution in [2.24, 2.45) is 11.7 Å². The van der Waals surface area contributed by atoms with Crippen molar-refractivity contribution in [1.29, 1.82) is 0 Å². The van der Waals surface area contributed by atoms with Crippen LogP contribution in [0.4, 0.5) is 0 Å². The quantitative estimate of drug-likeness (QED) is 0.675. The summed E-state index contributed by atoms with van der Waals surface area (Å²) in [5.74, 6) is -0.159. The van der Waals surface area contributed by atoms with Gasteiger partial charge in [0.25, 0.3) is 0 Å². The number of rotatable bonds is 6. The maximum Gasteiger partial charge on any atom is 0.230 e. The van der Waals surface area contributed by atoms with Crippen LogP contribution in [0.25, 0.3) is 0 Å². The highest BCUT2D eigenvalue weighted by atomic mass is 32.1. The van der Waals surface area contributed by atoms with Gasteiger partial charge in [-0.15, -0.1) is 0 Å². The zero-order chi connectivity index (χ0) is 14.4. The van der Waals surface area contributed by atoms with Gasteiger partial charge >= 0.3 is 0 Å². The molecule has 4 N–H and O–H groups in total. The standard InChI is InChI=1S/C13H15N5OS/c14-12(20)10(6-9-4-2-1-3-5-9)13(19)15-7-11-16-8-17-18-11/h1-5,8,10H,6-7H2,(H2,14,20)(H,15,19)(H,16,17,18). The van der Waals surface area contributed by atoms with E-state index in [9.17, 15) is 4.79 Å². The minimum absolute atomic E-state index is 0.184. The molecule has 1 atom stereocenters. The van der Waals surface area contributed by atoms with E-state index in [1.54, 1.807) is 0 Å². The number of aromatic amines is 1. The minimum Gasteiger partial charge on any atom is -0.393 e. The Morgan fingerprint density at radius 3 is 2.75 bits per heavy atom. The fourth-order valence-corrected chi connectivity index (χ4v) is 1.97. The number of nitrogens with zero attached hydrogens (tertiary/aromatic N) is 2. The van der Waals surface area contributed by atoms with Crippen LogP contribution in [-0.2, 0) is 17.8 Å². The molecule has 0 saturated carbocycles. The molecule has 2 aromatic rings. The molecule has 1 aromatic heterocycles. The van der Waals surface area contributed by atoms with Crippen molar-refractivity contribution in [1.82, 2.24) is 20.5 Å². The molecule has 0 aliphatic heterocycles. The lowest BCUT2D eigenvalue weighted by Gasteiger charge is -2.15. The fraction of sp³-hybridized carbons (Fsp3) is 0.231. The highest BCUT2D eigenvalue weighted by molar-refractivity contribution is 7.80. The first-order valence-electron chi connectivity index (χ1n) is 6.12. The predicted octanol–water partition coefficient (Wildman–Crippen LogP) is 0.566. The van der Waals surface area contributed by atoms with Gasteiger partial charge in [0.15, 0.2) is 0 Å². The summed E-state index contributed by atoms with van der Waals surface area (Å²) in [5, 5.41) is 9.13. The summed E-state index contributed by atoms with van der Waals surface area (Å²) in [6.45, 7) is 0.271. The number of hydrogen-bond donors (Lipinski definition) is 3. The van der Waals surface area contributed by atoms with Crippen LogP contribution in [0.1, 0.15) is 11.4 Å². The minimum atomic E-state index is -0.532. The number of H-pyrrole nitrogens is 1. The first kappa shape index (κ1) is 14.1. The summed E-state index contributed by atoms with van der Waals surface area (Å²) >= 11 is 4.99. The van der Waals surface area contributed by atoms with E-state index in [1.165, 1.54) is 6.33 Å². The van der Waals surface area contributed by atoms with Crippen LogP contribution in [-0.4, -0.2) is 26.1 Å². The van der Waals surface area contributed by atoms with E-state index in [2.05, 4.69) is 20.5 Å². The summed E-state index contributed by atoms with van der Waals surface area (Å²) in [6, 6.07) is 9.63. The highest BCUT2D eigenvalue weighted by Crippen LogP contribution is 2.09. The van der Waals surface area contributed by atoms with Crippen LogP contribution in [0, 0.1) is 5.92 Å². The molecule has 0 aliphatic rings. The molecule has 0 aliphatic carbocycles. The lowest BCUT2D eigenvalue weighted by molar-refractivity contribution is -0.123.